The Kier molecular flexibility index (Phi) is 7.92. The summed E-state index contributed by atoms with van der Waals surface area (Å²) in [6.45, 7) is 2.30. The predicted octanol–water partition coefficient (Wildman–Crippen LogP) is 5.20. The van der Waals surface area contributed by atoms with Crippen molar-refractivity contribution in [2.24, 2.45) is 7.05 Å². The van der Waals surface area contributed by atoms with Crippen LogP contribution in [0.2, 0.25) is 0 Å². The van der Waals surface area contributed by atoms with Crippen LogP contribution in [0.15, 0.2) is 97.5 Å². The van der Waals surface area contributed by atoms with Crippen molar-refractivity contribution in [3.8, 4) is 23.1 Å². The van der Waals surface area contributed by atoms with E-state index in [1.165, 1.54) is 5.56 Å². The maximum Gasteiger partial charge on any atom is 0.237 e. The third kappa shape index (κ3) is 6.17. The van der Waals surface area contributed by atoms with Gasteiger partial charge in [-0.1, -0.05) is 48.5 Å². The molecule has 1 aliphatic heterocycles. The molecule has 6 rings (SSSR count). The van der Waals surface area contributed by atoms with Gasteiger partial charge in [-0.2, -0.15) is 5.26 Å². The molecule has 0 radical (unpaired) electrons. The first kappa shape index (κ1) is 25.0. The molecular weight excluding hydrogens is 472 g/mol. The number of fused-ring (bicyclic) bond motifs is 2. The van der Waals surface area contributed by atoms with E-state index in [1.807, 2.05) is 90.9 Å². The molecule has 2 N–H and O–H groups in total. The molecule has 1 aliphatic rings. The van der Waals surface area contributed by atoms with E-state index < -0.39 is 0 Å². The monoisotopic (exact) mass is 502 g/mol. The quantitative estimate of drug-likeness (QED) is 0.311. The van der Waals surface area contributed by atoms with E-state index in [1.54, 1.807) is 0 Å². The lowest BCUT2D eigenvalue weighted by molar-refractivity contribution is 0.194. The van der Waals surface area contributed by atoms with Gasteiger partial charge in [0.15, 0.2) is 0 Å². The van der Waals surface area contributed by atoms with Gasteiger partial charge in [0, 0.05) is 48.7 Å². The number of aryl methyl sites for hydroxylation is 1. The Bertz CT molecular complexity index is 1500. The molecule has 190 valence electrons. The van der Waals surface area contributed by atoms with Crippen LogP contribution in [0.4, 0.5) is 5.69 Å². The number of nitrogens with one attached hydrogen (secondary N) is 2. The first-order valence-corrected chi connectivity index (χ1v) is 12.7. The van der Waals surface area contributed by atoms with E-state index in [0.717, 1.165) is 53.9 Å². The van der Waals surface area contributed by atoms with Crippen LogP contribution in [0.1, 0.15) is 11.1 Å². The summed E-state index contributed by atoms with van der Waals surface area (Å²) < 4.78 is 8.10. The fourth-order valence-corrected chi connectivity index (χ4v) is 4.31. The highest BCUT2D eigenvalue weighted by Crippen LogP contribution is 2.32. The van der Waals surface area contributed by atoms with Crippen molar-refractivity contribution in [2.75, 3.05) is 25.0 Å². The molecule has 1 atom stereocenters. The summed E-state index contributed by atoms with van der Waals surface area (Å²) in [5.41, 5.74) is 5.82. The Balaban J connectivity index is 0.000000433. The van der Waals surface area contributed by atoms with Gasteiger partial charge in [0.25, 0.3) is 0 Å². The Hall–Kier alpha value is -4.67. The second-order valence-corrected chi connectivity index (χ2v) is 9.18. The van der Waals surface area contributed by atoms with Crippen LogP contribution >= 0.6 is 0 Å². The normalized spacial score (nSPS) is 13.8. The van der Waals surface area contributed by atoms with Crippen molar-refractivity contribution in [1.29, 1.82) is 5.26 Å². The Labute approximate surface area is 222 Å². The van der Waals surface area contributed by atoms with Gasteiger partial charge >= 0.3 is 0 Å². The maximum absolute atomic E-state index is 8.88. The van der Waals surface area contributed by atoms with Gasteiger partial charge in [0.05, 0.1) is 23.9 Å². The number of rotatable bonds is 6. The standard InChI is InChI=1S/C25H24N6O.C6H6/c1-31-9-7-19-10-20(13-29-24(19)31)21-11-23-25(30-14-21)32-22(16-28-23)15-27-8-6-17-2-4-18(12-26)5-3-17;1-2-4-6-5-3-1/h2-5,7,9-11,13-14,22,27-28H,6,8,15-16H2,1H3;1-6H/t22-;/m1./s1. The number of pyridine rings is 2. The van der Waals surface area contributed by atoms with Crippen LogP contribution in [0.5, 0.6) is 5.88 Å². The van der Waals surface area contributed by atoms with Crippen LogP contribution < -0.4 is 15.4 Å². The molecule has 0 unspecified atom stereocenters. The lowest BCUT2D eigenvalue weighted by Gasteiger charge is -2.27. The minimum absolute atomic E-state index is 0.0177. The van der Waals surface area contributed by atoms with Crippen LogP contribution in [0, 0.1) is 11.3 Å². The summed E-state index contributed by atoms with van der Waals surface area (Å²) >= 11 is 0. The summed E-state index contributed by atoms with van der Waals surface area (Å²) in [6, 6.07) is 28.1. The highest BCUT2D eigenvalue weighted by atomic mass is 16.5. The summed E-state index contributed by atoms with van der Waals surface area (Å²) in [5.74, 6) is 0.632. The Morgan fingerprint density at radius 3 is 2.45 bits per heavy atom. The molecule has 0 bridgehead atoms. The lowest BCUT2D eigenvalue weighted by atomic mass is 10.1. The van der Waals surface area contributed by atoms with Gasteiger partial charge in [-0.15, -0.1) is 0 Å². The number of ether oxygens (including phenoxy) is 1. The van der Waals surface area contributed by atoms with Crippen LogP contribution in [-0.2, 0) is 13.5 Å². The number of aromatic nitrogens is 3. The van der Waals surface area contributed by atoms with Crippen molar-refractivity contribution >= 4 is 16.7 Å². The molecule has 0 saturated carbocycles. The molecule has 7 heteroatoms. The first-order chi connectivity index (χ1) is 18.7. The Morgan fingerprint density at radius 1 is 1.00 bits per heavy atom. The minimum atomic E-state index is 0.0177. The van der Waals surface area contributed by atoms with Gasteiger partial charge in [-0.05, 0) is 48.9 Å². The van der Waals surface area contributed by atoms with Crippen molar-refractivity contribution in [1.82, 2.24) is 19.9 Å². The van der Waals surface area contributed by atoms with Crippen LogP contribution in [0.3, 0.4) is 0 Å². The highest BCUT2D eigenvalue weighted by molar-refractivity contribution is 5.82. The minimum Gasteiger partial charge on any atom is -0.470 e. The van der Waals surface area contributed by atoms with E-state index >= 15 is 0 Å². The van der Waals surface area contributed by atoms with Gasteiger partial charge in [0.1, 0.15) is 11.8 Å². The summed E-state index contributed by atoms with van der Waals surface area (Å²) in [6.07, 6.45) is 6.66. The average Bonchev–Trinajstić information content (AvgIpc) is 3.36. The molecule has 7 nitrogen and oxygen atoms in total. The molecule has 0 fully saturated rings. The molecule has 0 amide bonds. The third-order valence-electron chi connectivity index (χ3n) is 6.40. The van der Waals surface area contributed by atoms with Crippen molar-refractivity contribution in [2.45, 2.75) is 12.5 Å². The van der Waals surface area contributed by atoms with E-state index in [2.05, 4.69) is 44.9 Å². The summed E-state index contributed by atoms with van der Waals surface area (Å²) in [7, 11) is 2.00. The SMILES string of the molecule is Cn1ccc2cc(-c3cnc4c(c3)NC[C@@H](CNCCc3ccc(C#N)cc3)O4)cnc21.c1ccccc1. The number of hydrogen-bond acceptors (Lipinski definition) is 6. The summed E-state index contributed by atoms with van der Waals surface area (Å²) in [4.78, 5) is 9.13. The fraction of sp³-hybridized carbons (Fsp3) is 0.194. The zero-order chi connectivity index (χ0) is 26.2. The lowest BCUT2D eigenvalue weighted by Crippen LogP contribution is -2.40. The number of benzene rings is 2. The molecular formula is C31H30N6O. The number of hydrogen-bond donors (Lipinski definition) is 2. The molecule has 3 aromatic heterocycles. The number of anilines is 1. The van der Waals surface area contributed by atoms with Gasteiger partial charge < -0.3 is 19.9 Å². The highest BCUT2D eigenvalue weighted by Gasteiger charge is 2.21. The molecule has 0 aliphatic carbocycles. The Morgan fingerprint density at radius 2 is 1.71 bits per heavy atom. The molecule has 0 spiro atoms. The maximum atomic E-state index is 8.88. The molecule has 0 saturated heterocycles. The van der Waals surface area contributed by atoms with Crippen LogP contribution in [0.25, 0.3) is 22.2 Å². The second kappa shape index (κ2) is 12.0. The second-order valence-electron chi connectivity index (χ2n) is 9.18. The first-order valence-electron chi connectivity index (χ1n) is 12.7. The van der Waals surface area contributed by atoms with Gasteiger partial charge in [-0.25, -0.2) is 9.97 Å². The van der Waals surface area contributed by atoms with Crippen molar-refractivity contribution in [3.05, 3.63) is 109 Å². The van der Waals surface area contributed by atoms with E-state index in [4.69, 9.17) is 10.00 Å². The van der Waals surface area contributed by atoms with E-state index in [9.17, 15) is 0 Å². The fourth-order valence-electron chi connectivity index (χ4n) is 4.31. The van der Waals surface area contributed by atoms with Gasteiger partial charge in [-0.3, -0.25) is 0 Å². The zero-order valence-corrected chi connectivity index (χ0v) is 21.3. The number of nitriles is 1. The van der Waals surface area contributed by atoms with Crippen LogP contribution in [-0.4, -0.2) is 40.3 Å². The van der Waals surface area contributed by atoms with Gasteiger partial charge in [0.2, 0.25) is 5.88 Å². The topological polar surface area (TPSA) is 87.8 Å². The third-order valence-corrected chi connectivity index (χ3v) is 6.40. The zero-order valence-electron chi connectivity index (χ0n) is 21.3. The predicted molar refractivity (Wildman–Crippen MR) is 151 cm³/mol. The average molecular weight is 503 g/mol. The summed E-state index contributed by atoms with van der Waals surface area (Å²) in [5, 5.41) is 16.9. The van der Waals surface area contributed by atoms with Crippen molar-refractivity contribution < 1.29 is 4.74 Å². The number of nitrogens with zero attached hydrogens (tertiary/aromatic N) is 4. The van der Waals surface area contributed by atoms with Crippen molar-refractivity contribution in [3.63, 3.8) is 0 Å². The molecule has 2 aromatic carbocycles. The van der Waals surface area contributed by atoms with E-state index in [-0.39, 0.29) is 6.10 Å². The van der Waals surface area contributed by atoms with E-state index in [0.29, 0.717) is 11.4 Å². The molecule has 38 heavy (non-hydrogen) atoms. The molecule has 5 aromatic rings. The smallest absolute Gasteiger partial charge is 0.237 e. The molecule has 4 heterocycles. The largest absolute Gasteiger partial charge is 0.470 e.